The van der Waals surface area contributed by atoms with Crippen LogP contribution in [-0.2, 0) is 16.3 Å². The topological polar surface area (TPSA) is 69.4 Å². The first-order valence-corrected chi connectivity index (χ1v) is 8.26. The Morgan fingerprint density at radius 1 is 1.35 bits per heavy atom. The van der Waals surface area contributed by atoms with E-state index in [0.717, 1.165) is 6.26 Å². The Hall–Kier alpha value is -1.21. The Balaban J connectivity index is 3.02. The van der Waals surface area contributed by atoms with E-state index in [0.29, 0.717) is 23.5 Å². The van der Waals surface area contributed by atoms with Crippen molar-refractivity contribution >= 4 is 9.84 Å². The van der Waals surface area contributed by atoms with Crippen molar-refractivity contribution in [2.45, 2.75) is 25.8 Å². The minimum atomic E-state index is -3.21. The molecule has 1 aromatic carbocycles. The summed E-state index contributed by atoms with van der Waals surface area (Å²) in [6.07, 6.45) is -1.77. The molecular formula is C13H19F2NO3S. The largest absolute Gasteiger partial charge is 0.494 e. The van der Waals surface area contributed by atoms with Crippen LogP contribution in [0.25, 0.3) is 0 Å². The van der Waals surface area contributed by atoms with Crippen LogP contribution in [0.1, 0.15) is 24.1 Å². The maximum Gasteiger partial charge on any atom is 0.242 e. The van der Waals surface area contributed by atoms with Crippen LogP contribution in [0, 0.1) is 0 Å². The molecule has 20 heavy (non-hydrogen) atoms. The highest BCUT2D eigenvalue weighted by molar-refractivity contribution is 7.90. The van der Waals surface area contributed by atoms with Crippen LogP contribution in [0.2, 0.25) is 0 Å². The fourth-order valence-electron chi connectivity index (χ4n) is 1.85. The average Bonchev–Trinajstić information content (AvgIpc) is 2.28. The van der Waals surface area contributed by atoms with E-state index in [1.54, 1.807) is 13.0 Å². The minimum absolute atomic E-state index is 0.202. The molecule has 0 spiro atoms. The Labute approximate surface area is 117 Å². The van der Waals surface area contributed by atoms with E-state index in [9.17, 15) is 17.2 Å². The highest BCUT2D eigenvalue weighted by Crippen LogP contribution is 2.26. The molecule has 1 rings (SSSR count). The standard InChI is InChI=1S/C13H19F2NO3S/c1-3-19-12-6-9(11(16)8-20(2,17)18)4-5-10(12)7-13(14)15/h4-6,11,13H,3,7-8,16H2,1-2H3. The molecule has 7 heteroatoms. The van der Waals surface area contributed by atoms with Crippen molar-refractivity contribution in [1.29, 1.82) is 0 Å². The molecule has 1 atom stereocenters. The summed E-state index contributed by atoms with van der Waals surface area (Å²) in [5, 5.41) is 0. The van der Waals surface area contributed by atoms with E-state index in [4.69, 9.17) is 10.5 Å². The molecule has 0 saturated carbocycles. The van der Waals surface area contributed by atoms with Crippen LogP contribution in [0.3, 0.4) is 0 Å². The van der Waals surface area contributed by atoms with Crippen LogP contribution in [0.5, 0.6) is 5.75 Å². The monoisotopic (exact) mass is 307 g/mol. The lowest BCUT2D eigenvalue weighted by molar-refractivity contribution is 0.147. The summed E-state index contributed by atoms with van der Waals surface area (Å²) < 4.78 is 52.7. The number of sulfone groups is 1. The summed E-state index contributed by atoms with van der Waals surface area (Å²) in [4.78, 5) is 0. The van der Waals surface area contributed by atoms with Gasteiger partial charge in [0, 0.05) is 18.7 Å². The molecule has 114 valence electrons. The number of rotatable bonds is 7. The zero-order valence-electron chi connectivity index (χ0n) is 11.5. The van der Waals surface area contributed by atoms with Crippen LogP contribution in [0.15, 0.2) is 18.2 Å². The fraction of sp³-hybridized carbons (Fsp3) is 0.538. The summed E-state index contributed by atoms with van der Waals surface area (Å²) in [6, 6.07) is 3.91. The van der Waals surface area contributed by atoms with Gasteiger partial charge >= 0.3 is 0 Å². The van der Waals surface area contributed by atoms with Gasteiger partial charge in [0.2, 0.25) is 6.43 Å². The van der Waals surface area contributed by atoms with Crippen molar-refractivity contribution in [1.82, 2.24) is 0 Å². The van der Waals surface area contributed by atoms with Gasteiger partial charge in [0.05, 0.1) is 12.4 Å². The third-order valence-electron chi connectivity index (χ3n) is 2.68. The van der Waals surface area contributed by atoms with Crippen LogP contribution < -0.4 is 10.5 Å². The first kappa shape index (κ1) is 16.8. The Bertz CT molecular complexity index is 547. The van der Waals surface area contributed by atoms with E-state index in [1.165, 1.54) is 12.1 Å². The molecule has 0 bridgehead atoms. The highest BCUT2D eigenvalue weighted by atomic mass is 32.2. The van der Waals surface area contributed by atoms with Gasteiger partial charge in [-0.3, -0.25) is 0 Å². The zero-order valence-corrected chi connectivity index (χ0v) is 12.3. The quantitative estimate of drug-likeness (QED) is 0.836. The predicted molar refractivity (Wildman–Crippen MR) is 74.0 cm³/mol. The number of nitrogens with two attached hydrogens (primary N) is 1. The summed E-state index contributed by atoms with van der Waals surface area (Å²) >= 11 is 0. The molecule has 0 aliphatic heterocycles. The van der Waals surface area contributed by atoms with Gasteiger partial charge in [-0.05, 0) is 24.1 Å². The van der Waals surface area contributed by atoms with E-state index in [2.05, 4.69) is 0 Å². The second-order valence-electron chi connectivity index (χ2n) is 4.59. The number of alkyl halides is 2. The fourth-order valence-corrected chi connectivity index (χ4v) is 2.69. The summed E-state index contributed by atoms with van der Waals surface area (Å²) in [6.45, 7) is 2.08. The van der Waals surface area contributed by atoms with Crippen molar-refractivity contribution in [2.24, 2.45) is 5.73 Å². The number of ether oxygens (including phenoxy) is 1. The van der Waals surface area contributed by atoms with Crippen LogP contribution in [-0.4, -0.2) is 33.5 Å². The molecule has 1 aromatic rings. The Morgan fingerprint density at radius 2 is 2.00 bits per heavy atom. The third-order valence-corrected chi connectivity index (χ3v) is 3.64. The molecule has 0 radical (unpaired) electrons. The van der Waals surface area contributed by atoms with E-state index in [1.807, 2.05) is 0 Å². The molecule has 0 amide bonds. The Kier molecular flexibility index (Phi) is 5.88. The molecular weight excluding hydrogens is 288 g/mol. The molecule has 1 unspecified atom stereocenters. The van der Waals surface area contributed by atoms with Gasteiger partial charge in [-0.25, -0.2) is 17.2 Å². The summed E-state index contributed by atoms with van der Waals surface area (Å²) in [5.41, 5.74) is 6.75. The zero-order chi connectivity index (χ0) is 15.3. The maximum absolute atomic E-state index is 12.5. The van der Waals surface area contributed by atoms with E-state index >= 15 is 0 Å². The van der Waals surface area contributed by atoms with Crippen molar-refractivity contribution in [3.63, 3.8) is 0 Å². The predicted octanol–water partition coefficient (Wildman–Crippen LogP) is 1.94. The second kappa shape index (κ2) is 6.99. The Morgan fingerprint density at radius 3 is 2.50 bits per heavy atom. The lowest BCUT2D eigenvalue weighted by Crippen LogP contribution is -2.21. The first-order chi connectivity index (χ1) is 9.23. The molecule has 0 heterocycles. The van der Waals surface area contributed by atoms with Gasteiger partial charge in [0.1, 0.15) is 15.6 Å². The van der Waals surface area contributed by atoms with Gasteiger partial charge in [0.15, 0.2) is 0 Å². The lowest BCUT2D eigenvalue weighted by Gasteiger charge is -2.15. The van der Waals surface area contributed by atoms with Gasteiger partial charge < -0.3 is 10.5 Å². The molecule has 4 nitrogen and oxygen atoms in total. The summed E-state index contributed by atoms with van der Waals surface area (Å²) in [7, 11) is -3.21. The van der Waals surface area contributed by atoms with Crippen molar-refractivity contribution in [3.05, 3.63) is 29.3 Å². The first-order valence-electron chi connectivity index (χ1n) is 6.20. The number of hydrogen-bond donors (Lipinski definition) is 1. The van der Waals surface area contributed by atoms with E-state index < -0.39 is 28.7 Å². The van der Waals surface area contributed by atoms with Crippen molar-refractivity contribution in [2.75, 3.05) is 18.6 Å². The SMILES string of the molecule is CCOc1cc(C(N)CS(C)(=O)=O)ccc1CC(F)F. The highest BCUT2D eigenvalue weighted by Gasteiger charge is 2.16. The van der Waals surface area contributed by atoms with Gasteiger partial charge in [-0.1, -0.05) is 12.1 Å². The number of halogens is 2. The van der Waals surface area contributed by atoms with Crippen LogP contribution >= 0.6 is 0 Å². The van der Waals surface area contributed by atoms with Crippen LogP contribution in [0.4, 0.5) is 8.78 Å². The number of hydrogen-bond acceptors (Lipinski definition) is 4. The second-order valence-corrected chi connectivity index (χ2v) is 6.78. The number of benzene rings is 1. The van der Waals surface area contributed by atoms with Gasteiger partial charge in [-0.2, -0.15) is 0 Å². The van der Waals surface area contributed by atoms with E-state index in [-0.39, 0.29) is 5.75 Å². The van der Waals surface area contributed by atoms with Gasteiger partial charge in [-0.15, -0.1) is 0 Å². The molecule has 0 aliphatic rings. The normalized spacial score (nSPS) is 13.5. The molecule has 0 saturated heterocycles. The van der Waals surface area contributed by atoms with Crippen molar-refractivity contribution in [3.8, 4) is 5.75 Å². The van der Waals surface area contributed by atoms with Gasteiger partial charge in [0.25, 0.3) is 0 Å². The molecule has 0 aromatic heterocycles. The summed E-state index contributed by atoms with van der Waals surface area (Å²) in [5.74, 6) is 0.126. The van der Waals surface area contributed by atoms with Crippen molar-refractivity contribution < 1.29 is 21.9 Å². The maximum atomic E-state index is 12.5. The third kappa shape index (κ3) is 5.42. The smallest absolute Gasteiger partial charge is 0.242 e. The lowest BCUT2D eigenvalue weighted by atomic mass is 10.0. The average molecular weight is 307 g/mol. The molecule has 0 aliphatic carbocycles. The minimum Gasteiger partial charge on any atom is -0.494 e. The molecule has 0 fully saturated rings. The molecule has 2 N–H and O–H groups in total.